The summed E-state index contributed by atoms with van der Waals surface area (Å²) in [6.45, 7) is 5.94. The standard InChI is InChI=1S/C15H19N3/c1-3-4-8-13(2)17-14-9-5-6-10-15(14)18-12-7-11-16-18/h3,5-7,9-13,17H,1,4,8H2,2H3. The van der Waals surface area contributed by atoms with Gasteiger partial charge >= 0.3 is 0 Å². The van der Waals surface area contributed by atoms with Crippen LogP contribution in [-0.2, 0) is 0 Å². The predicted octanol–water partition coefficient (Wildman–Crippen LogP) is 3.64. The van der Waals surface area contributed by atoms with Crippen LogP contribution in [0, 0.1) is 0 Å². The lowest BCUT2D eigenvalue weighted by Gasteiger charge is -2.17. The first-order chi connectivity index (χ1) is 8.81. The molecule has 3 nitrogen and oxygen atoms in total. The van der Waals surface area contributed by atoms with Gasteiger partial charge in [0.05, 0.1) is 11.4 Å². The van der Waals surface area contributed by atoms with Gasteiger partial charge in [-0.15, -0.1) is 6.58 Å². The Balaban J connectivity index is 2.15. The lowest BCUT2D eigenvalue weighted by Crippen LogP contribution is -2.16. The number of benzene rings is 1. The Morgan fingerprint density at radius 2 is 2.22 bits per heavy atom. The summed E-state index contributed by atoms with van der Waals surface area (Å²) in [6, 6.07) is 10.6. The zero-order valence-corrected chi connectivity index (χ0v) is 10.7. The minimum absolute atomic E-state index is 0.416. The first-order valence-electron chi connectivity index (χ1n) is 6.27. The fourth-order valence-electron chi connectivity index (χ4n) is 1.91. The lowest BCUT2D eigenvalue weighted by atomic mass is 10.1. The third kappa shape index (κ3) is 3.00. The Hall–Kier alpha value is -2.03. The smallest absolute Gasteiger partial charge is 0.0876 e. The fraction of sp³-hybridized carbons (Fsp3) is 0.267. The van der Waals surface area contributed by atoms with E-state index in [0.29, 0.717) is 6.04 Å². The van der Waals surface area contributed by atoms with Gasteiger partial charge in [-0.05, 0) is 38.0 Å². The highest BCUT2D eigenvalue weighted by Gasteiger charge is 2.06. The van der Waals surface area contributed by atoms with Gasteiger partial charge in [-0.3, -0.25) is 0 Å². The molecular weight excluding hydrogens is 222 g/mol. The zero-order valence-electron chi connectivity index (χ0n) is 10.7. The molecule has 1 atom stereocenters. The molecule has 0 saturated heterocycles. The molecule has 0 aliphatic carbocycles. The second-order valence-corrected chi connectivity index (χ2v) is 4.38. The van der Waals surface area contributed by atoms with Crippen molar-refractivity contribution in [1.82, 2.24) is 9.78 Å². The minimum atomic E-state index is 0.416. The first-order valence-corrected chi connectivity index (χ1v) is 6.27. The number of nitrogens with one attached hydrogen (secondary N) is 1. The highest BCUT2D eigenvalue weighted by Crippen LogP contribution is 2.20. The van der Waals surface area contributed by atoms with Crippen LogP contribution in [0.15, 0.2) is 55.4 Å². The van der Waals surface area contributed by atoms with Gasteiger partial charge in [-0.2, -0.15) is 5.10 Å². The van der Waals surface area contributed by atoms with Gasteiger partial charge < -0.3 is 5.32 Å². The highest BCUT2D eigenvalue weighted by atomic mass is 15.3. The Morgan fingerprint density at radius 3 is 2.94 bits per heavy atom. The number of hydrogen-bond donors (Lipinski definition) is 1. The third-order valence-corrected chi connectivity index (χ3v) is 2.86. The molecule has 18 heavy (non-hydrogen) atoms. The fourth-order valence-corrected chi connectivity index (χ4v) is 1.91. The predicted molar refractivity (Wildman–Crippen MR) is 76.1 cm³/mol. The van der Waals surface area contributed by atoms with E-state index in [0.717, 1.165) is 24.2 Å². The number of rotatable bonds is 6. The molecule has 2 rings (SSSR count). The molecule has 0 saturated carbocycles. The molecule has 1 aromatic carbocycles. The summed E-state index contributed by atoms with van der Waals surface area (Å²) in [5.74, 6) is 0. The molecule has 94 valence electrons. The summed E-state index contributed by atoms with van der Waals surface area (Å²) >= 11 is 0. The average Bonchev–Trinajstić information content (AvgIpc) is 2.91. The summed E-state index contributed by atoms with van der Waals surface area (Å²) in [4.78, 5) is 0. The Kier molecular flexibility index (Phi) is 4.18. The van der Waals surface area contributed by atoms with E-state index in [1.165, 1.54) is 0 Å². The molecule has 0 radical (unpaired) electrons. The van der Waals surface area contributed by atoms with E-state index in [-0.39, 0.29) is 0 Å². The molecule has 0 spiro atoms. The van der Waals surface area contributed by atoms with E-state index in [4.69, 9.17) is 0 Å². The molecule has 1 aromatic heterocycles. The van der Waals surface area contributed by atoms with Crippen molar-refractivity contribution >= 4 is 5.69 Å². The molecular formula is C15H19N3. The van der Waals surface area contributed by atoms with Gasteiger partial charge in [0.1, 0.15) is 0 Å². The van der Waals surface area contributed by atoms with Gasteiger partial charge in [-0.25, -0.2) is 4.68 Å². The summed E-state index contributed by atoms with van der Waals surface area (Å²) < 4.78 is 1.88. The van der Waals surface area contributed by atoms with Crippen LogP contribution in [0.1, 0.15) is 19.8 Å². The number of hydrogen-bond acceptors (Lipinski definition) is 2. The van der Waals surface area contributed by atoms with Crippen molar-refractivity contribution in [2.24, 2.45) is 0 Å². The van der Waals surface area contributed by atoms with E-state index in [1.807, 2.05) is 35.2 Å². The Morgan fingerprint density at radius 1 is 1.39 bits per heavy atom. The largest absolute Gasteiger partial charge is 0.381 e. The number of para-hydroxylation sites is 2. The zero-order chi connectivity index (χ0) is 12.8. The number of anilines is 1. The second-order valence-electron chi connectivity index (χ2n) is 4.38. The molecule has 0 aliphatic heterocycles. The quantitative estimate of drug-likeness (QED) is 0.782. The topological polar surface area (TPSA) is 29.9 Å². The molecule has 3 heteroatoms. The molecule has 0 amide bonds. The van der Waals surface area contributed by atoms with Crippen LogP contribution in [-0.4, -0.2) is 15.8 Å². The van der Waals surface area contributed by atoms with Crippen molar-refractivity contribution in [3.05, 3.63) is 55.4 Å². The minimum Gasteiger partial charge on any atom is -0.381 e. The Labute approximate surface area is 108 Å². The summed E-state index contributed by atoms with van der Waals surface area (Å²) in [5.41, 5.74) is 2.19. The third-order valence-electron chi connectivity index (χ3n) is 2.86. The van der Waals surface area contributed by atoms with E-state index < -0.39 is 0 Å². The SMILES string of the molecule is C=CCCC(C)Nc1ccccc1-n1cccn1. The van der Waals surface area contributed by atoms with Crippen molar-refractivity contribution < 1.29 is 0 Å². The maximum absolute atomic E-state index is 4.28. The Bertz CT molecular complexity index is 488. The summed E-state index contributed by atoms with van der Waals surface area (Å²) in [6.07, 6.45) is 7.81. The van der Waals surface area contributed by atoms with Crippen molar-refractivity contribution in [2.45, 2.75) is 25.8 Å². The monoisotopic (exact) mass is 241 g/mol. The van der Waals surface area contributed by atoms with Crippen LogP contribution >= 0.6 is 0 Å². The number of aromatic nitrogens is 2. The number of nitrogens with zero attached hydrogens (tertiary/aromatic N) is 2. The van der Waals surface area contributed by atoms with E-state index in [2.05, 4.69) is 36.1 Å². The van der Waals surface area contributed by atoms with Crippen molar-refractivity contribution in [1.29, 1.82) is 0 Å². The molecule has 1 heterocycles. The van der Waals surface area contributed by atoms with Crippen LogP contribution in [0.5, 0.6) is 0 Å². The second kappa shape index (κ2) is 6.05. The van der Waals surface area contributed by atoms with Crippen LogP contribution in [0.2, 0.25) is 0 Å². The maximum atomic E-state index is 4.28. The normalized spacial score (nSPS) is 12.1. The molecule has 0 fully saturated rings. The van der Waals surface area contributed by atoms with Crippen molar-refractivity contribution in [2.75, 3.05) is 5.32 Å². The molecule has 1 unspecified atom stereocenters. The van der Waals surface area contributed by atoms with Crippen molar-refractivity contribution in [3.63, 3.8) is 0 Å². The number of allylic oxidation sites excluding steroid dienone is 1. The van der Waals surface area contributed by atoms with E-state index in [9.17, 15) is 0 Å². The van der Waals surface area contributed by atoms with Crippen molar-refractivity contribution in [3.8, 4) is 5.69 Å². The van der Waals surface area contributed by atoms with Gasteiger partial charge in [-0.1, -0.05) is 18.2 Å². The molecule has 0 bridgehead atoms. The molecule has 0 aliphatic rings. The maximum Gasteiger partial charge on any atom is 0.0876 e. The van der Waals surface area contributed by atoms with Gasteiger partial charge in [0.25, 0.3) is 0 Å². The highest BCUT2D eigenvalue weighted by molar-refractivity contribution is 5.60. The van der Waals surface area contributed by atoms with E-state index in [1.54, 1.807) is 6.20 Å². The van der Waals surface area contributed by atoms with E-state index >= 15 is 0 Å². The molecule has 1 N–H and O–H groups in total. The van der Waals surface area contributed by atoms with Gasteiger partial charge in [0, 0.05) is 18.4 Å². The van der Waals surface area contributed by atoms with Crippen LogP contribution < -0.4 is 5.32 Å². The summed E-state index contributed by atoms with van der Waals surface area (Å²) in [5, 5.41) is 7.80. The van der Waals surface area contributed by atoms with Crippen LogP contribution in [0.3, 0.4) is 0 Å². The van der Waals surface area contributed by atoms with Crippen LogP contribution in [0.4, 0.5) is 5.69 Å². The first kappa shape index (κ1) is 12.4. The molecule has 2 aromatic rings. The average molecular weight is 241 g/mol. The van der Waals surface area contributed by atoms with Gasteiger partial charge in [0.2, 0.25) is 0 Å². The summed E-state index contributed by atoms with van der Waals surface area (Å²) in [7, 11) is 0. The van der Waals surface area contributed by atoms with Crippen LogP contribution in [0.25, 0.3) is 5.69 Å². The van der Waals surface area contributed by atoms with Gasteiger partial charge in [0.15, 0.2) is 0 Å². The lowest BCUT2D eigenvalue weighted by molar-refractivity contribution is 0.717.